The van der Waals surface area contributed by atoms with Crippen LogP contribution < -0.4 is 0 Å². The molecule has 1 saturated heterocycles. The zero-order valence-electron chi connectivity index (χ0n) is 11.7. The van der Waals surface area contributed by atoms with Gasteiger partial charge in [0.25, 0.3) is 9.05 Å². The minimum absolute atomic E-state index is 0.0141. The summed E-state index contributed by atoms with van der Waals surface area (Å²) in [7, 11) is -2.20. The molecule has 1 aliphatic heterocycles. The maximum atomic E-state index is 12.7. The first-order valence-corrected chi connectivity index (χ1v) is 10.6. The summed E-state index contributed by atoms with van der Waals surface area (Å²) in [5.41, 5.74) is 0. The number of rotatable bonds is 4. The van der Waals surface area contributed by atoms with E-state index in [0.29, 0.717) is 6.54 Å². The second-order valence-corrected chi connectivity index (χ2v) is 9.54. The molecular formula is C13H18ClNO4S2. The normalized spacial score (nSPS) is 21.3. The summed E-state index contributed by atoms with van der Waals surface area (Å²) in [5.74, 6) is 0. The van der Waals surface area contributed by atoms with E-state index in [1.165, 1.54) is 28.6 Å². The number of piperidine rings is 1. The fourth-order valence-electron chi connectivity index (χ4n) is 2.61. The van der Waals surface area contributed by atoms with Gasteiger partial charge in [-0.15, -0.1) is 0 Å². The molecule has 1 aromatic carbocycles. The molecule has 0 aromatic heterocycles. The van der Waals surface area contributed by atoms with Gasteiger partial charge in [-0.25, -0.2) is 16.8 Å². The van der Waals surface area contributed by atoms with E-state index in [4.69, 9.17) is 10.7 Å². The topological polar surface area (TPSA) is 71.5 Å². The average Bonchev–Trinajstić information content (AvgIpc) is 2.46. The number of nitrogens with zero attached hydrogens (tertiary/aromatic N) is 1. The molecule has 0 amide bonds. The van der Waals surface area contributed by atoms with E-state index in [9.17, 15) is 16.8 Å². The maximum Gasteiger partial charge on any atom is 0.261 e. The Morgan fingerprint density at radius 1 is 1.10 bits per heavy atom. The van der Waals surface area contributed by atoms with E-state index < -0.39 is 19.1 Å². The molecule has 0 spiro atoms. The van der Waals surface area contributed by atoms with Crippen LogP contribution in [0.15, 0.2) is 34.1 Å². The highest BCUT2D eigenvalue weighted by atomic mass is 35.7. The van der Waals surface area contributed by atoms with Crippen molar-refractivity contribution in [3.8, 4) is 0 Å². The number of halogens is 1. The Morgan fingerprint density at radius 3 is 2.19 bits per heavy atom. The lowest BCUT2D eigenvalue weighted by atomic mass is 10.0. The third-order valence-corrected chi connectivity index (χ3v) is 7.09. The molecule has 1 atom stereocenters. The standard InChI is InChI=1S/C13H18ClNO4S2/c1-2-11-5-3-4-10-15(11)21(18,19)13-8-6-12(7-9-13)20(14,16)17/h6-9,11H,2-5,10H2,1H3. The Balaban J connectivity index is 2.35. The number of hydrogen-bond acceptors (Lipinski definition) is 4. The molecule has 1 aromatic rings. The smallest absolute Gasteiger partial charge is 0.207 e. The van der Waals surface area contributed by atoms with Crippen molar-refractivity contribution in [2.24, 2.45) is 0 Å². The molecular weight excluding hydrogens is 334 g/mol. The third kappa shape index (κ3) is 3.59. The van der Waals surface area contributed by atoms with Crippen LogP contribution in [0.4, 0.5) is 0 Å². The fourth-order valence-corrected chi connectivity index (χ4v) is 5.14. The van der Waals surface area contributed by atoms with Crippen LogP contribution in [-0.4, -0.2) is 33.7 Å². The van der Waals surface area contributed by atoms with E-state index in [-0.39, 0.29) is 15.8 Å². The molecule has 1 fully saturated rings. The lowest BCUT2D eigenvalue weighted by Crippen LogP contribution is -2.43. The number of hydrogen-bond donors (Lipinski definition) is 0. The van der Waals surface area contributed by atoms with Crippen LogP contribution in [0.25, 0.3) is 0 Å². The molecule has 118 valence electrons. The SMILES string of the molecule is CCC1CCCCN1S(=O)(=O)c1ccc(S(=O)(=O)Cl)cc1. The summed E-state index contributed by atoms with van der Waals surface area (Å²) in [4.78, 5) is 0.000666. The Hall–Kier alpha value is -0.630. The van der Waals surface area contributed by atoms with Gasteiger partial charge >= 0.3 is 0 Å². The van der Waals surface area contributed by atoms with Crippen molar-refractivity contribution in [3.05, 3.63) is 24.3 Å². The Bertz CT molecular complexity index is 698. The van der Waals surface area contributed by atoms with Gasteiger partial charge in [-0.05, 0) is 43.5 Å². The molecule has 1 unspecified atom stereocenters. The minimum atomic E-state index is -3.84. The van der Waals surface area contributed by atoms with Gasteiger partial charge < -0.3 is 0 Å². The molecule has 1 heterocycles. The van der Waals surface area contributed by atoms with Crippen molar-refractivity contribution >= 4 is 29.8 Å². The predicted molar refractivity (Wildman–Crippen MR) is 81.3 cm³/mol. The van der Waals surface area contributed by atoms with Crippen molar-refractivity contribution in [3.63, 3.8) is 0 Å². The van der Waals surface area contributed by atoms with Crippen LogP contribution in [0.1, 0.15) is 32.6 Å². The number of sulfonamides is 1. The summed E-state index contributed by atoms with van der Waals surface area (Å²) >= 11 is 0. The second-order valence-electron chi connectivity index (χ2n) is 5.08. The fraction of sp³-hybridized carbons (Fsp3) is 0.538. The summed E-state index contributed by atoms with van der Waals surface area (Å²) < 4.78 is 49.2. The molecule has 0 bridgehead atoms. The molecule has 8 heteroatoms. The van der Waals surface area contributed by atoms with Gasteiger partial charge in [0, 0.05) is 23.3 Å². The van der Waals surface area contributed by atoms with Crippen molar-refractivity contribution in [1.29, 1.82) is 0 Å². The average molecular weight is 352 g/mol. The molecule has 1 aliphatic rings. The van der Waals surface area contributed by atoms with E-state index in [1.807, 2.05) is 6.92 Å². The van der Waals surface area contributed by atoms with Crippen molar-refractivity contribution in [1.82, 2.24) is 4.31 Å². The van der Waals surface area contributed by atoms with E-state index in [0.717, 1.165) is 25.7 Å². The van der Waals surface area contributed by atoms with E-state index >= 15 is 0 Å². The lowest BCUT2D eigenvalue weighted by molar-refractivity contribution is 0.246. The first-order valence-electron chi connectivity index (χ1n) is 6.83. The van der Waals surface area contributed by atoms with Gasteiger partial charge in [-0.1, -0.05) is 13.3 Å². The molecule has 5 nitrogen and oxygen atoms in total. The van der Waals surface area contributed by atoms with Gasteiger partial charge in [-0.3, -0.25) is 0 Å². The van der Waals surface area contributed by atoms with E-state index in [1.54, 1.807) is 0 Å². The van der Waals surface area contributed by atoms with Crippen molar-refractivity contribution < 1.29 is 16.8 Å². The Morgan fingerprint density at radius 2 is 1.67 bits per heavy atom. The van der Waals surface area contributed by atoms with Gasteiger partial charge in [0.1, 0.15) is 0 Å². The molecule has 21 heavy (non-hydrogen) atoms. The predicted octanol–water partition coefficient (Wildman–Crippen LogP) is 2.57. The van der Waals surface area contributed by atoms with Crippen LogP contribution >= 0.6 is 10.7 Å². The van der Waals surface area contributed by atoms with Crippen molar-refractivity contribution in [2.75, 3.05) is 6.54 Å². The summed E-state index contributed by atoms with van der Waals surface area (Å²) in [6.07, 6.45) is 3.52. The first kappa shape index (κ1) is 16.7. The summed E-state index contributed by atoms with van der Waals surface area (Å²) in [6, 6.07) is 5.05. The third-order valence-electron chi connectivity index (χ3n) is 3.76. The van der Waals surface area contributed by atoms with Gasteiger partial charge in [-0.2, -0.15) is 4.31 Å². The highest BCUT2D eigenvalue weighted by Crippen LogP contribution is 2.27. The molecule has 0 aliphatic carbocycles. The quantitative estimate of drug-likeness (QED) is 0.781. The monoisotopic (exact) mass is 351 g/mol. The summed E-state index contributed by atoms with van der Waals surface area (Å²) in [5, 5.41) is 0. The van der Waals surface area contributed by atoms with Crippen molar-refractivity contribution in [2.45, 2.75) is 48.4 Å². The van der Waals surface area contributed by atoms with Crippen LogP contribution in [0.2, 0.25) is 0 Å². The number of benzene rings is 1. The van der Waals surface area contributed by atoms with Gasteiger partial charge in [0.05, 0.1) is 9.79 Å². The Labute approximate surface area is 130 Å². The molecule has 2 rings (SSSR count). The zero-order valence-corrected chi connectivity index (χ0v) is 14.1. The molecule has 0 saturated carbocycles. The van der Waals surface area contributed by atoms with Crippen LogP contribution in [0.3, 0.4) is 0 Å². The van der Waals surface area contributed by atoms with Crippen LogP contribution in [0, 0.1) is 0 Å². The van der Waals surface area contributed by atoms with E-state index in [2.05, 4.69) is 0 Å². The largest absolute Gasteiger partial charge is 0.261 e. The lowest BCUT2D eigenvalue weighted by Gasteiger charge is -2.34. The van der Waals surface area contributed by atoms with Crippen LogP contribution in [-0.2, 0) is 19.1 Å². The zero-order chi connectivity index (χ0) is 15.7. The van der Waals surface area contributed by atoms with Gasteiger partial charge in [0.2, 0.25) is 10.0 Å². The summed E-state index contributed by atoms with van der Waals surface area (Å²) in [6.45, 7) is 2.48. The minimum Gasteiger partial charge on any atom is -0.207 e. The second kappa shape index (κ2) is 6.24. The molecule has 0 N–H and O–H groups in total. The maximum absolute atomic E-state index is 12.7. The first-order chi connectivity index (χ1) is 9.76. The molecule has 0 radical (unpaired) electrons. The highest BCUT2D eigenvalue weighted by molar-refractivity contribution is 8.13. The Kier molecular flexibility index (Phi) is 4.97. The van der Waals surface area contributed by atoms with Crippen LogP contribution in [0.5, 0.6) is 0 Å². The highest BCUT2D eigenvalue weighted by Gasteiger charge is 2.32. The van der Waals surface area contributed by atoms with Gasteiger partial charge in [0.15, 0.2) is 0 Å².